The third-order valence-corrected chi connectivity index (χ3v) is 2.66. The quantitative estimate of drug-likeness (QED) is 0.731. The van der Waals surface area contributed by atoms with Crippen molar-refractivity contribution in [1.82, 2.24) is 20.9 Å². The number of aromatic nitrogens is 1. The standard InChI is InChI=1S/C13H20N4O2/c1-4-14-13(19)17-12(18)10(3)16-8-11-9(2)6-5-7-15-11/h5-7,10,16H,4,8H2,1-3H3,(H2,14,17,18,19). The highest BCUT2D eigenvalue weighted by Crippen LogP contribution is 2.02. The van der Waals surface area contributed by atoms with Crippen molar-refractivity contribution in [2.45, 2.75) is 33.4 Å². The van der Waals surface area contributed by atoms with Crippen molar-refractivity contribution in [2.24, 2.45) is 0 Å². The van der Waals surface area contributed by atoms with Gasteiger partial charge < -0.3 is 10.6 Å². The molecule has 1 aromatic rings. The van der Waals surface area contributed by atoms with E-state index >= 15 is 0 Å². The summed E-state index contributed by atoms with van der Waals surface area (Å²) in [6.07, 6.45) is 1.71. The Morgan fingerprint density at radius 1 is 1.42 bits per heavy atom. The van der Waals surface area contributed by atoms with Crippen molar-refractivity contribution in [2.75, 3.05) is 6.54 Å². The fraction of sp³-hybridized carbons (Fsp3) is 0.462. The molecule has 0 bridgehead atoms. The molecule has 1 atom stereocenters. The number of aryl methyl sites for hydroxylation is 1. The van der Waals surface area contributed by atoms with Crippen LogP contribution in [0.1, 0.15) is 25.1 Å². The molecule has 1 unspecified atom stereocenters. The summed E-state index contributed by atoms with van der Waals surface area (Å²) < 4.78 is 0. The van der Waals surface area contributed by atoms with E-state index in [1.807, 2.05) is 19.1 Å². The number of amides is 3. The van der Waals surface area contributed by atoms with Crippen molar-refractivity contribution in [3.05, 3.63) is 29.6 Å². The Balaban J connectivity index is 2.43. The molecule has 0 spiro atoms. The molecule has 0 saturated heterocycles. The molecule has 1 rings (SSSR count). The van der Waals surface area contributed by atoms with Crippen molar-refractivity contribution < 1.29 is 9.59 Å². The number of nitrogens with one attached hydrogen (secondary N) is 3. The minimum absolute atomic E-state index is 0.362. The van der Waals surface area contributed by atoms with Gasteiger partial charge in [0.1, 0.15) is 0 Å². The van der Waals surface area contributed by atoms with E-state index in [2.05, 4.69) is 20.9 Å². The van der Waals surface area contributed by atoms with Gasteiger partial charge in [-0.15, -0.1) is 0 Å². The Morgan fingerprint density at radius 2 is 2.16 bits per heavy atom. The zero-order valence-electron chi connectivity index (χ0n) is 11.5. The van der Waals surface area contributed by atoms with Gasteiger partial charge in [-0.2, -0.15) is 0 Å². The average molecular weight is 264 g/mol. The average Bonchev–Trinajstić information content (AvgIpc) is 2.37. The summed E-state index contributed by atoms with van der Waals surface area (Å²) in [7, 11) is 0. The number of nitrogens with zero attached hydrogens (tertiary/aromatic N) is 1. The molecule has 0 aliphatic heterocycles. The topological polar surface area (TPSA) is 83.1 Å². The molecule has 6 nitrogen and oxygen atoms in total. The molecule has 6 heteroatoms. The minimum Gasteiger partial charge on any atom is -0.338 e. The summed E-state index contributed by atoms with van der Waals surface area (Å²) in [5.74, 6) is -0.362. The number of urea groups is 1. The fourth-order valence-corrected chi connectivity index (χ4v) is 1.47. The van der Waals surface area contributed by atoms with Crippen LogP contribution in [0.2, 0.25) is 0 Å². The summed E-state index contributed by atoms with van der Waals surface area (Å²) in [6.45, 7) is 6.41. The second-order valence-corrected chi connectivity index (χ2v) is 4.22. The first kappa shape index (κ1) is 15.1. The lowest BCUT2D eigenvalue weighted by atomic mass is 10.2. The number of rotatable bonds is 5. The molecule has 0 saturated carbocycles. The van der Waals surface area contributed by atoms with Crippen LogP contribution >= 0.6 is 0 Å². The summed E-state index contributed by atoms with van der Waals surface area (Å²) >= 11 is 0. The molecule has 0 aromatic carbocycles. The van der Waals surface area contributed by atoms with Crippen molar-refractivity contribution in [3.8, 4) is 0 Å². The van der Waals surface area contributed by atoms with Crippen LogP contribution in [0.5, 0.6) is 0 Å². The first-order valence-corrected chi connectivity index (χ1v) is 6.27. The molecule has 1 aromatic heterocycles. The summed E-state index contributed by atoms with van der Waals surface area (Å²) in [5.41, 5.74) is 1.95. The predicted molar refractivity (Wildman–Crippen MR) is 72.5 cm³/mol. The summed E-state index contributed by atoms with van der Waals surface area (Å²) in [4.78, 5) is 27.1. The van der Waals surface area contributed by atoms with Crippen LogP contribution in [0, 0.1) is 6.92 Å². The maximum Gasteiger partial charge on any atom is 0.321 e. The number of carbonyl (C=O) groups excluding carboxylic acids is 2. The Labute approximate surface area is 113 Å². The van der Waals surface area contributed by atoms with Crippen LogP contribution < -0.4 is 16.0 Å². The van der Waals surface area contributed by atoms with Gasteiger partial charge in [0.2, 0.25) is 5.91 Å². The van der Waals surface area contributed by atoms with Gasteiger partial charge in [0.05, 0.1) is 11.7 Å². The van der Waals surface area contributed by atoms with Crippen molar-refractivity contribution in [1.29, 1.82) is 0 Å². The molecular weight excluding hydrogens is 244 g/mol. The first-order chi connectivity index (χ1) is 9.04. The second-order valence-electron chi connectivity index (χ2n) is 4.22. The molecule has 3 N–H and O–H groups in total. The number of carbonyl (C=O) groups is 2. The summed E-state index contributed by atoms with van der Waals surface area (Å²) in [5, 5.41) is 7.80. The molecule has 0 fully saturated rings. The highest BCUT2D eigenvalue weighted by Gasteiger charge is 2.15. The van der Waals surface area contributed by atoms with Crippen LogP contribution in [-0.2, 0) is 11.3 Å². The van der Waals surface area contributed by atoms with Crippen LogP contribution in [0.3, 0.4) is 0 Å². The number of imide groups is 1. The lowest BCUT2D eigenvalue weighted by Gasteiger charge is -2.14. The number of pyridine rings is 1. The Hall–Kier alpha value is -1.95. The minimum atomic E-state index is -0.477. The molecule has 0 aliphatic carbocycles. The molecule has 0 aliphatic rings. The van der Waals surface area contributed by atoms with Gasteiger partial charge in [-0.3, -0.25) is 15.1 Å². The summed E-state index contributed by atoms with van der Waals surface area (Å²) in [6, 6.07) is 2.88. The lowest BCUT2D eigenvalue weighted by Crippen LogP contribution is -2.47. The van der Waals surface area contributed by atoms with Crippen molar-refractivity contribution in [3.63, 3.8) is 0 Å². The largest absolute Gasteiger partial charge is 0.338 e. The van der Waals surface area contributed by atoms with Gasteiger partial charge in [-0.1, -0.05) is 6.07 Å². The van der Waals surface area contributed by atoms with E-state index in [0.29, 0.717) is 13.1 Å². The molecule has 19 heavy (non-hydrogen) atoms. The number of hydrogen-bond acceptors (Lipinski definition) is 4. The third-order valence-electron chi connectivity index (χ3n) is 2.66. The third kappa shape index (κ3) is 5.05. The van der Waals surface area contributed by atoms with E-state index in [4.69, 9.17) is 0 Å². The zero-order chi connectivity index (χ0) is 14.3. The zero-order valence-corrected chi connectivity index (χ0v) is 11.5. The van der Waals surface area contributed by atoms with E-state index in [1.165, 1.54) is 0 Å². The van der Waals surface area contributed by atoms with Gasteiger partial charge in [-0.25, -0.2) is 4.79 Å². The fourth-order valence-electron chi connectivity index (χ4n) is 1.47. The van der Waals surface area contributed by atoms with Gasteiger partial charge >= 0.3 is 6.03 Å². The lowest BCUT2D eigenvalue weighted by molar-refractivity contribution is -0.121. The molecule has 1 heterocycles. The molecule has 3 amide bonds. The highest BCUT2D eigenvalue weighted by molar-refractivity contribution is 5.96. The maximum atomic E-state index is 11.7. The second kappa shape index (κ2) is 7.48. The van der Waals surface area contributed by atoms with E-state index in [-0.39, 0.29) is 5.91 Å². The number of hydrogen-bond donors (Lipinski definition) is 3. The Kier molecular flexibility index (Phi) is 5.95. The van der Waals surface area contributed by atoms with E-state index in [0.717, 1.165) is 11.3 Å². The van der Waals surface area contributed by atoms with Gasteiger partial charge in [0, 0.05) is 19.3 Å². The predicted octanol–water partition coefficient (Wildman–Crippen LogP) is 0.714. The maximum absolute atomic E-state index is 11.7. The van der Waals surface area contributed by atoms with Crippen LogP contribution in [0.25, 0.3) is 0 Å². The van der Waals surface area contributed by atoms with Crippen LogP contribution in [0.15, 0.2) is 18.3 Å². The van der Waals surface area contributed by atoms with Crippen LogP contribution in [0.4, 0.5) is 4.79 Å². The molecule has 104 valence electrons. The Bertz CT molecular complexity index is 448. The first-order valence-electron chi connectivity index (χ1n) is 6.27. The van der Waals surface area contributed by atoms with Crippen molar-refractivity contribution >= 4 is 11.9 Å². The Morgan fingerprint density at radius 3 is 2.79 bits per heavy atom. The van der Waals surface area contributed by atoms with Gasteiger partial charge in [-0.05, 0) is 32.4 Å². The molecule has 0 radical (unpaired) electrons. The monoisotopic (exact) mass is 264 g/mol. The SMILES string of the molecule is CCNC(=O)NC(=O)C(C)NCc1ncccc1C. The van der Waals surface area contributed by atoms with Gasteiger partial charge in [0.15, 0.2) is 0 Å². The van der Waals surface area contributed by atoms with Gasteiger partial charge in [0.25, 0.3) is 0 Å². The highest BCUT2D eigenvalue weighted by atomic mass is 16.2. The smallest absolute Gasteiger partial charge is 0.321 e. The van der Waals surface area contributed by atoms with Crippen LogP contribution in [-0.4, -0.2) is 29.5 Å². The molecular formula is C13H20N4O2. The van der Waals surface area contributed by atoms with E-state index in [9.17, 15) is 9.59 Å². The van der Waals surface area contributed by atoms with E-state index < -0.39 is 12.1 Å². The van der Waals surface area contributed by atoms with E-state index in [1.54, 1.807) is 20.0 Å². The normalized spacial score (nSPS) is 11.7.